The lowest BCUT2D eigenvalue weighted by atomic mass is 9.89. The van der Waals surface area contributed by atoms with Crippen molar-refractivity contribution in [1.29, 1.82) is 0 Å². The second-order valence-corrected chi connectivity index (χ2v) is 5.88. The van der Waals surface area contributed by atoms with Gasteiger partial charge in [0.25, 0.3) is 0 Å². The first kappa shape index (κ1) is 15.1. The van der Waals surface area contributed by atoms with Crippen molar-refractivity contribution in [2.24, 2.45) is 0 Å². The molecule has 0 spiro atoms. The number of ether oxygens (including phenoxy) is 1. The van der Waals surface area contributed by atoms with Crippen LogP contribution in [0, 0.1) is 5.82 Å². The highest BCUT2D eigenvalue weighted by Gasteiger charge is 2.49. The standard InChI is InChI=1S/C15H20BFO3/c1-14(2)15(3,4)20-16(19-14)9-8-11-6-7-13(18-5)12(17)10-11/h6-10H,1-5H3/b9-8+. The number of hydrogen-bond donors (Lipinski definition) is 0. The Kier molecular flexibility index (Phi) is 3.94. The van der Waals surface area contributed by atoms with Gasteiger partial charge in [0.1, 0.15) is 0 Å². The van der Waals surface area contributed by atoms with Crippen LogP contribution in [0.15, 0.2) is 24.2 Å². The Morgan fingerprint density at radius 3 is 2.25 bits per heavy atom. The van der Waals surface area contributed by atoms with Gasteiger partial charge in [0.15, 0.2) is 11.6 Å². The Morgan fingerprint density at radius 1 is 1.15 bits per heavy atom. The van der Waals surface area contributed by atoms with Gasteiger partial charge in [0.05, 0.1) is 18.3 Å². The topological polar surface area (TPSA) is 27.7 Å². The van der Waals surface area contributed by atoms with E-state index in [2.05, 4.69) is 0 Å². The van der Waals surface area contributed by atoms with Crippen molar-refractivity contribution in [3.63, 3.8) is 0 Å². The zero-order valence-electron chi connectivity index (χ0n) is 12.6. The van der Waals surface area contributed by atoms with Crippen molar-refractivity contribution in [1.82, 2.24) is 0 Å². The molecule has 0 radical (unpaired) electrons. The lowest BCUT2D eigenvalue weighted by Gasteiger charge is -2.32. The first-order chi connectivity index (χ1) is 9.25. The van der Waals surface area contributed by atoms with Crippen LogP contribution in [-0.4, -0.2) is 25.4 Å². The van der Waals surface area contributed by atoms with E-state index in [-0.39, 0.29) is 22.8 Å². The van der Waals surface area contributed by atoms with Gasteiger partial charge in [-0.2, -0.15) is 0 Å². The molecule has 0 N–H and O–H groups in total. The van der Waals surface area contributed by atoms with E-state index in [1.807, 2.05) is 27.7 Å². The molecule has 2 rings (SSSR count). The van der Waals surface area contributed by atoms with E-state index in [4.69, 9.17) is 14.0 Å². The van der Waals surface area contributed by atoms with Crippen LogP contribution in [0.1, 0.15) is 33.3 Å². The third-order valence-corrected chi connectivity index (χ3v) is 3.89. The van der Waals surface area contributed by atoms with Crippen molar-refractivity contribution < 1.29 is 18.4 Å². The summed E-state index contributed by atoms with van der Waals surface area (Å²) in [5.74, 6) is 1.64. The monoisotopic (exact) mass is 278 g/mol. The van der Waals surface area contributed by atoms with Crippen LogP contribution >= 0.6 is 0 Å². The third-order valence-electron chi connectivity index (χ3n) is 3.89. The summed E-state index contributed by atoms with van der Waals surface area (Å²) in [6, 6.07) is 4.80. The normalized spacial score (nSPS) is 20.6. The molecule has 0 bridgehead atoms. The van der Waals surface area contributed by atoms with Gasteiger partial charge >= 0.3 is 7.12 Å². The number of halogens is 1. The molecule has 5 heteroatoms. The highest BCUT2D eigenvalue weighted by Crippen LogP contribution is 2.37. The first-order valence-electron chi connectivity index (χ1n) is 6.62. The van der Waals surface area contributed by atoms with Crippen LogP contribution in [0.5, 0.6) is 5.75 Å². The Hall–Kier alpha value is -1.33. The van der Waals surface area contributed by atoms with Crippen LogP contribution in [0.25, 0.3) is 6.08 Å². The van der Waals surface area contributed by atoms with Crippen LogP contribution in [0.4, 0.5) is 4.39 Å². The van der Waals surface area contributed by atoms with Gasteiger partial charge in [0.2, 0.25) is 0 Å². The molecule has 0 aromatic heterocycles. The molecule has 1 saturated heterocycles. The van der Waals surface area contributed by atoms with Gasteiger partial charge in [-0.1, -0.05) is 18.1 Å². The average Bonchev–Trinajstić information content (AvgIpc) is 2.55. The summed E-state index contributed by atoms with van der Waals surface area (Å²) in [4.78, 5) is 0. The molecule has 20 heavy (non-hydrogen) atoms. The molecular weight excluding hydrogens is 258 g/mol. The van der Waals surface area contributed by atoms with E-state index in [0.29, 0.717) is 0 Å². The third kappa shape index (κ3) is 2.89. The molecule has 0 saturated carbocycles. The molecule has 0 amide bonds. The molecule has 1 fully saturated rings. The summed E-state index contributed by atoms with van der Waals surface area (Å²) >= 11 is 0. The molecule has 1 heterocycles. The molecule has 1 aromatic rings. The minimum atomic E-state index is -0.426. The Labute approximate surface area is 119 Å². The van der Waals surface area contributed by atoms with Crippen LogP contribution in [0.3, 0.4) is 0 Å². The van der Waals surface area contributed by atoms with Gasteiger partial charge in [-0.15, -0.1) is 0 Å². The molecule has 3 nitrogen and oxygen atoms in total. The van der Waals surface area contributed by atoms with Crippen molar-refractivity contribution >= 4 is 13.2 Å². The number of hydrogen-bond acceptors (Lipinski definition) is 3. The maximum atomic E-state index is 13.6. The summed E-state index contributed by atoms with van der Waals surface area (Å²) in [5, 5.41) is 0. The van der Waals surface area contributed by atoms with Gasteiger partial charge in [-0.25, -0.2) is 4.39 Å². The van der Waals surface area contributed by atoms with Gasteiger partial charge in [-0.3, -0.25) is 0 Å². The quantitative estimate of drug-likeness (QED) is 0.792. The summed E-state index contributed by atoms with van der Waals surface area (Å²) in [6.07, 6.45) is 1.78. The minimum absolute atomic E-state index is 0.234. The molecule has 0 unspecified atom stereocenters. The summed E-state index contributed by atoms with van der Waals surface area (Å²) in [5.41, 5.74) is -0.00151. The molecule has 0 aliphatic carbocycles. The highest BCUT2D eigenvalue weighted by atomic mass is 19.1. The van der Waals surface area contributed by atoms with Gasteiger partial charge in [-0.05, 0) is 45.4 Å². The fourth-order valence-corrected chi connectivity index (χ4v) is 1.94. The van der Waals surface area contributed by atoms with Crippen LogP contribution in [0.2, 0.25) is 0 Å². The fraction of sp³-hybridized carbons (Fsp3) is 0.467. The van der Waals surface area contributed by atoms with Crippen LogP contribution in [-0.2, 0) is 9.31 Å². The molecule has 1 aliphatic heterocycles. The largest absolute Gasteiger partial charge is 0.494 e. The summed E-state index contributed by atoms with van der Waals surface area (Å²) in [7, 11) is 1.02. The maximum absolute atomic E-state index is 13.6. The SMILES string of the molecule is COc1ccc(/C=C/B2OC(C)(C)C(C)(C)O2)cc1F. The van der Waals surface area contributed by atoms with Crippen molar-refractivity contribution in [2.75, 3.05) is 7.11 Å². The summed E-state index contributed by atoms with van der Waals surface area (Å²) in [6.45, 7) is 7.98. The van der Waals surface area contributed by atoms with Gasteiger partial charge < -0.3 is 14.0 Å². The number of methoxy groups -OCH3 is 1. The minimum Gasteiger partial charge on any atom is -0.494 e. The molecule has 108 valence electrons. The zero-order valence-corrected chi connectivity index (χ0v) is 12.6. The van der Waals surface area contributed by atoms with E-state index >= 15 is 0 Å². The van der Waals surface area contributed by atoms with E-state index < -0.39 is 7.12 Å². The predicted molar refractivity (Wildman–Crippen MR) is 78.1 cm³/mol. The average molecular weight is 278 g/mol. The molecular formula is C15H20BFO3. The Morgan fingerprint density at radius 2 is 1.75 bits per heavy atom. The fourth-order valence-electron chi connectivity index (χ4n) is 1.94. The smallest absolute Gasteiger partial charge is 0.487 e. The lowest BCUT2D eigenvalue weighted by Crippen LogP contribution is -2.41. The van der Waals surface area contributed by atoms with E-state index in [1.165, 1.54) is 13.2 Å². The molecule has 1 aromatic carbocycles. The number of rotatable bonds is 3. The van der Waals surface area contributed by atoms with E-state index in [0.717, 1.165) is 5.56 Å². The van der Waals surface area contributed by atoms with Crippen molar-refractivity contribution in [2.45, 2.75) is 38.9 Å². The second-order valence-electron chi connectivity index (χ2n) is 5.88. The second kappa shape index (κ2) is 5.22. The zero-order chi connectivity index (χ0) is 15.0. The Balaban J connectivity index is 2.10. The highest BCUT2D eigenvalue weighted by molar-refractivity contribution is 6.52. The van der Waals surface area contributed by atoms with E-state index in [1.54, 1.807) is 24.2 Å². The van der Waals surface area contributed by atoms with Crippen LogP contribution < -0.4 is 4.74 Å². The first-order valence-corrected chi connectivity index (χ1v) is 6.62. The molecule has 0 atom stereocenters. The van der Waals surface area contributed by atoms with Crippen molar-refractivity contribution in [3.8, 4) is 5.75 Å². The number of benzene rings is 1. The predicted octanol–water partition coefficient (Wildman–Crippen LogP) is 3.48. The lowest BCUT2D eigenvalue weighted by molar-refractivity contribution is 0.00578. The maximum Gasteiger partial charge on any atom is 0.487 e. The Bertz CT molecular complexity index is 510. The van der Waals surface area contributed by atoms with Gasteiger partial charge in [0, 0.05) is 0 Å². The van der Waals surface area contributed by atoms with Crippen molar-refractivity contribution in [3.05, 3.63) is 35.6 Å². The van der Waals surface area contributed by atoms with E-state index in [9.17, 15) is 4.39 Å². The summed E-state index contributed by atoms with van der Waals surface area (Å²) < 4.78 is 30.1. The molecule has 1 aliphatic rings.